The van der Waals surface area contributed by atoms with Crippen LogP contribution in [-0.4, -0.2) is 10.5 Å². The average Bonchev–Trinajstić information content (AvgIpc) is 3.19. The Hall–Kier alpha value is -2.04. The van der Waals surface area contributed by atoms with Crippen molar-refractivity contribution in [3.63, 3.8) is 0 Å². The van der Waals surface area contributed by atoms with Crippen LogP contribution in [0.25, 0.3) is 11.1 Å². The minimum absolute atomic E-state index is 0.0374. The van der Waals surface area contributed by atoms with Gasteiger partial charge in [0.05, 0.1) is 5.52 Å². The number of carbonyl (C=O) groups is 1. The summed E-state index contributed by atoms with van der Waals surface area (Å²) in [5, 5.41) is 2.90. The highest BCUT2D eigenvalue weighted by atomic mass is 16.4. The monoisotopic (exact) mass is 260 g/mol. The van der Waals surface area contributed by atoms with Gasteiger partial charge in [-0.1, -0.05) is 6.92 Å². The van der Waals surface area contributed by atoms with Crippen molar-refractivity contribution in [2.24, 2.45) is 18.9 Å². The van der Waals surface area contributed by atoms with E-state index in [0.717, 1.165) is 12.8 Å². The van der Waals surface area contributed by atoms with Gasteiger partial charge in [-0.15, -0.1) is 0 Å². The highest BCUT2D eigenvalue weighted by molar-refractivity contribution is 5.94. The van der Waals surface area contributed by atoms with Crippen LogP contribution in [0.5, 0.6) is 0 Å². The number of hydrogen-bond donors (Lipinski definition) is 1. The summed E-state index contributed by atoms with van der Waals surface area (Å²) in [6.07, 6.45) is 2.29. The third kappa shape index (κ3) is 2.16. The molecule has 0 radical (unpaired) electrons. The number of carbonyl (C=O) groups excluding carboxylic acids is 1. The van der Waals surface area contributed by atoms with Gasteiger partial charge in [-0.3, -0.25) is 9.36 Å². The molecule has 1 N–H and O–H groups in total. The first kappa shape index (κ1) is 12.0. The highest BCUT2D eigenvalue weighted by Crippen LogP contribution is 2.37. The van der Waals surface area contributed by atoms with E-state index in [2.05, 4.69) is 5.32 Å². The fraction of sp³-hybridized carbons (Fsp3) is 0.429. The third-order valence-electron chi connectivity index (χ3n) is 3.80. The Morgan fingerprint density at radius 1 is 1.47 bits per heavy atom. The zero-order valence-corrected chi connectivity index (χ0v) is 11.0. The minimum atomic E-state index is -0.398. The summed E-state index contributed by atoms with van der Waals surface area (Å²) >= 11 is 0. The number of aromatic nitrogens is 1. The van der Waals surface area contributed by atoms with Crippen molar-refractivity contribution >= 4 is 22.7 Å². The zero-order valence-electron chi connectivity index (χ0n) is 11.0. The fourth-order valence-corrected chi connectivity index (χ4v) is 2.27. The molecule has 0 bridgehead atoms. The van der Waals surface area contributed by atoms with Crippen LogP contribution in [0, 0.1) is 11.8 Å². The molecule has 0 saturated heterocycles. The number of aryl methyl sites for hydroxylation is 1. The summed E-state index contributed by atoms with van der Waals surface area (Å²) in [5.74, 6) is 0.214. The Morgan fingerprint density at radius 2 is 2.21 bits per heavy atom. The van der Waals surface area contributed by atoms with Crippen molar-refractivity contribution in [1.82, 2.24) is 4.57 Å². The molecule has 19 heavy (non-hydrogen) atoms. The van der Waals surface area contributed by atoms with Crippen LogP contribution in [0.2, 0.25) is 0 Å². The van der Waals surface area contributed by atoms with E-state index in [0.29, 0.717) is 22.7 Å². The Labute approximate surface area is 110 Å². The largest absolute Gasteiger partial charge is 0.419 e. The molecule has 1 unspecified atom stereocenters. The van der Waals surface area contributed by atoms with E-state index in [1.807, 2.05) is 6.92 Å². The van der Waals surface area contributed by atoms with Crippen LogP contribution in [0.15, 0.2) is 27.4 Å². The van der Waals surface area contributed by atoms with Gasteiger partial charge in [0.2, 0.25) is 5.91 Å². The average molecular weight is 260 g/mol. The van der Waals surface area contributed by atoms with E-state index in [1.54, 1.807) is 25.2 Å². The number of rotatable bonds is 3. The van der Waals surface area contributed by atoms with E-state index in [4.69, 9.17) is 4.42 Å². The first-order chi connectivity index (χ1) is 9.06. The van der Waals surface area contributed by atoms with Crippen molar-refractivity contribution in [2.45, 2.75) is 19.8 Å². The standard InChI is InChI=1S/C14H16N2O3/c1-8(9-3-4-9)13(17)15-10-5-6-12-11(7-10)16(2)14(18)19-12/h5-9H,3-4H2,1-2H3,(H,15,17). The maximum Gasteiger partial charge on any atom is 0.419 e. The van der Waals surface area contributed by atoms with Gasteiger partial charge in [0, 0.05) is 18.7 Å². The van der Waals surface area contributed by atoms with Crippen LogP contribution >= 0.6 is 0 Å². The van der Waals surface area contributed by atoms with Crippen LogP contribution in [0.4, 0.5) is 5.69 Å². The minimum Gasteiger partial charge on any atom is -0.408 e. The lowest BCUT2D eigenvalue weighted by molar-refractivity contribution is -0.119. The molecule has 3 rings (SSSR count). The number of anilines is 1. The molecule has 1 aromatic heterocycles. The number of fused-ring (bicyclic) bond motifs is 1. The van der Waals surface area contributed by atoms with E-state index in [9.17, 15) is 9.59 Å². The molecule has 5 heteroatoms. The van der Waals surface area contributed by atoms with Gasteiger partial charge in [-0.25, -0.2) is 4.79 Å². The predicted octanol–water partition coefficient (Wildman–Crippen LogP) is 2.12. The Balaban J connectivity index is 1.86. The van der Waals surface area contributed by atoms with Gasteiger partial charge < -0.3 is 9.73 Å². The van der Waals surface area contributed by atoms with E-state index >= 15 is 0 Å². The normalized spacial score (nSPS) is 16.5. The molecule has 1 aliphatic rings. The number of nitrogens with zero attached hydrogens (tertiary/aromatic N) is 1. The molecule has 1 aromatic carbocycles. The van der Waals surface area contributed by atoms with Crippen LogP contribution in [0.1, 0.15) is 19.8 Å². The molecule has 1 fully saturated rings. The number of amides is 1. The lowest BCUT2D eigenvalue weighted by Crippen LogP contribution is -2.21. The summed E-state index contributed by atoms with van der Waals surface area (Å²) in [7, 11) is 1.65. The molecule has 0 spiro atoms. The second kappa shape index (κ2) is 4.26. The molecule has 1 aliphatic carbocycles. The van der Waals surface area contributed by atoms with Gasteiger partial charge in [-0.2, -0.15) is 0 Å². The topological polar surface area (TPSA) is 64.2 Å². The zero-order chi connectivity index (χ0) is 13.6. The van der Waals surface area contributed by atoms with Gasteiger partial charge in [-0.05, 0) is 37.0 Å². The Morgan fingerprint density at radius 3 is 2.89 bits per heavy atom. The molecule has 1 heterocycles. The molecule has 1 atom stereocenters. The number of hydrogen-bond acceptors (Lipinski definition) is 3. The summed E-state index contributed by atoms with van der Waals surface area (Å²) in [6, 6.07) is 5.22. The molecule has 5 nitrogen and oxygen atoms in total. The van der Waals surface area contributed by atoms with Gasteiger partial charge in [0.15, 0.2) is 5.58 Å². The SMILES string of the molecule is CC(C(=O)Nc1ccc2oc(=O)n(C)c2c1)C1CC1. The van der Waals surface area contributed by atoms with Crippen molar-refractivity contribution in [1.29, 1.82) is 0 Å². The third-order valence-corrected chi connectivity index (χ3v) is 3.80. The van der Waals surface area contributed by atoms with Gasteiger partial charge in [0.1, 0.15) is 0 Å². The molecule has 100 valence electrons. The fourth-order valence-electron chi connectivity index (χ4n) is 2.27. The molecular weight excluding hydrogens is 244 g/mol. The van der Waals surface area contributed by atoms with Gasteiger partial charge in [0.25, 0.3) is 0 Å². The summed E-state index contributed by atoms with van der Waals surface area (Å²) in [4.78, 5) is 23.4. The summed E-state index contributed by atoms with van der Waals surface area (Å²) in [6.45, 7) is 1.96. The quantitative estimate of drug-likeness (QED) is 0.919. The Bertz CT molecular complexity index is 694. The first-order valence-electron chi connectivity index (χ1n) is 6.46. The Kier molecular flexibility index (Phi) is 2.69. The number of benzene rings is 1. The first-order valence-corrected chi connectivity index (χ1v) is 6.46. The van der Waals surface area contributed by atoms with Crippen molar-refractivity contribution in [2.75, 3.05) is 5.32 Å². The van der Waals surface area contributed by atoms with Crippen molar-refractivity contribution in [3.05, 3.63) is 28.7 Å². The second-order valence-corrected chi connectivity index (χ2v) is 5.22. The van der Waals surface area contributed by atoms with E-state index in [-0.39, 0.29) is 11.8 Å². The molecule has 1 amide bonds. The highest BCUT2D eigenvalue weighted by Gasteiger charge is 2.32. The smallest absolute Gasteiger partial charge is 0.408 e. The second-order valence-electron chi connectivity index (χ2n) is 5.22. The molecule has 2 aromatic rings. The molecule has 0 aliphatic heterocycles. The maximum absolute atomic E-state index is 12.0. The predicted molar refractivity (Wildman–Crippen MR) is 72.0 cm³/mol. The maximum atomic E-state index is 12.0. The number of oxazole rings is 1. The molecular formula is C14H16N2O3. The summed E-state index contributed by atoms with van der Waals surface area (Å²) < 4.78 is 6.47. The summed E-state index contributed by atoms with van der Waals surface area (Å²) in [5.41, 5.74) is 1.91. The van der Waals surface area contributed by atoms with E-state index in [1.165, 1.54) is 4.57 Å². The lowest BCUT2D eigenvalue weighted by Gasteiger charge is -2.11. The van der Waals surface area contributed by atoms with Crippen LogP contribution < -0.4 is 11.1 Å². The molecule has 1 saturated carbocycles. The number of nitrogens with one attached hydrogen (secondary N) is 1. The van der Waals surface area contributed by atoms with Crippen LogP contribution in [0.3, 0.4) is 0 Å². The van der Waals surface area contributed by atoms with E-state index < -0.39 is 5.76 Å². The van der Waals surface area contributed by atoms with Crippen LogP contribution in [-0.2, 0) is 11.8 Å². The van der Waals surface area contributed by atoms with Gasteiger partial charge >= 0.3 is 5.76 Å². The lowest BCUT2D eigenvalue weighted by atomic mass is 10.1. The van der Waals surface area contributed by atoms with Crippen molar-refractivity contribution in [3.8, 4) is 0 Å². The van der Waals surface area contributed by atoms with Crippen molar-refractivity contribution < 1.29 is 9.21 Å².